The third-order valence-electron chi connectivity index (χ3n) is 6.81. The number of nitrogens with two attached hydrogens (primary N) is 1. The fourth-order valence-corrected chi connectivity index (χ4v) is 4.54. The first-order valence-electron chi connectivity index (χ1n) is 13.1. The van der Waals surface area contributed by atoms with Crippen molar-refractivity contribution in [3.8, 4) is 11.3 Å². The minimum atomic E-state index is -4.53. The van der Waals surface area contributed by atoms with Crippen molar-refractivity contribution in [2.24, 2.45) is 0 Å². The van der Waals surface area contributed by atoms with E-state index in [0.29, 0.717) is 30.8 Å². The van der Waals surface area contributed by atoms with Gasteiger partial charge in [0.1, 0.15) is 11.6 Å². The van der Waals surface area contributed by atoms with E-state index in [2.05, 4.69) is 55.1 Å². The topological polar surface area (TPSA) is 78.7 Å². The molecule has 0 saturated carbocycles. The SMILES string of the molecule is CCn1c(CCCc2ccc(-c3ccc(C(F)(F)F)c(N)n3)cc2)nn(Cc2ccc(C(C)(C)C)cc2)c1=O. The molecule has 0 amide bonds. The van der Waals surface area contributed by atoms with Crippen LogP contribution in [0.5, 0.6) is 0 Å². The molecule has 9 heteroatoms. The molecule has 0 unspecified atom stereocenters. The number of nitrogen functional groups attached to an aromatic ring is 1. The van der Waals surface area contributed by atoms with Crippen LogP contribution in [-0.4, -0.2) is 19.3 Å². The normalized spacial score (nSPS) is 12.2. The summed E-state index contributed by atoms with van der Waals surface area (Å²) in [6, 6.07) is 18.1. The molecule has 4 rings (SSSR count). The van der Waals surface area contributed by atoms with Crippen LogP contribution in [0.4, 0.5) is 19.0 Å². The maximum atomic E-state index is 13.0. The Morgan fingerprint density at radius 1 is 0.872 bits per heavy atom. The standard InChI is InChI=1S/C30H34F3N5O/c1-5-37-26(36-38(28(37)39)19-21-11-15-23(16-12-21)29(2,3)4)8-6-7-20-9-13-22(14-10-20)25-18-17-24(27(34)35-25)30(31,32)33/h9-18H,5-8,19H2,1-4H3,(H2,34,35). The van der Waals surface area contributed by atoms with Gasteiger partial charge in [0.15, 0.2) is 0 Å². The summed E-state index contributed by atoms with van der Waals surface area (Å²) in [6.07, 6.45) is -2.32. The Hall–Kier alpha value is -3.88. The number of nitrogens with zero attached hydrogens (tertiary/aromatic N) is 4. The molecule has 2 N–H and O–H groups in total. The van der Waals surface area contributed by atoms with Crippen LogP contribution in [0.3, 0.4) is 0 Å². The van der Waals surface area contributed by atoms with Gasteiger partial charge in [-0.05, 0) is 54.0 Å². The molecular formula is C30H34F3N5O. The summed E-state index contributed by atoms with van der Waals surface area (Å²) in [5.74, 6) is 0.224. The van der Waals surface area contributed by atoms with Crippen LogP contribution in [0.2, 0.25) is 0 Å². The van der Waals surface area contributed by atoms with Crippen molar-refractivity contribution >= 4 is 5.82 Å². The van der Waals surface area contributed by atoms with E-state index < -0.39 is 17.6 Å². The second-order valence-electron chi connectivity index (χ2n) is 10.7. The van der Waals surface area contributed by atoms with Crippen molar-refractivity contribution in [3.63, 3.8) is 0 Å². The smallest absolute Gasteiger partial charge is 0.383 e. The number of alkyl halides is 3. The van der Waals surface area contributed by atoms with E-state index in [1.54, 1.807) is 4.57 Å². The Bertz CT molecular complexity index is 1480. The molecule has 0 bridgehead atoms. The van der Waals surface area contributed by atoms with Gasteiger partial charge in [0.05, 0.1) is 17.8 Å². The van der Waals surface area contributed by atoms with E-state index in [4.69, 9.17) is 5.73 Å². The number of hydrogen-bond acceptors (Lipinski definition) is 4. The summed E-state index contributed by atoms with van der Waals surface area (Å²) in [6.45, 7) is 9.42. The first-order valence-corrected chi connectivity index (χ1v) is 13.1. The van der Waals surface area contributed by atoms with E-state index in [-0.39, 0.29) is 11.1 Å². The van der Waals surface area contributed by atoms with Crippen molar-refractivity contribution < 1.29 is 13.2 Å². The van der Waals surface area contributed by atoms with Crippen molar-refractivity contribution in [1.29, 1.82) is 0 Å². The second-order valence-corrected chi connectivity index (χ2v) is 10.7. The molecule has 0 aliphatic heterocycles. The number of benzene rings is 2. The van der Waals surface area contributed by atoms with Crippen LogP contribution in [0.1, 0.15) is 62.2 Å². The lowest BCUT2D eigenvalue weighted by Gasteiger charge is -2.19. The van der Waals surface area contributed by atoms with Gasteiger partial charge in [0.2, 0.25) is 0 Å². The first-order chi connectivity index (χ1) is 18.4. The Morgan fingerprint density at radius 3 is 2.08 bits per heavy atom. The molecule has 0 spiro atoms. The van der Waals surface area contributed by atoms with E-state index in [1.165, 1.54) is 16.3 Å². The molecule has 39 heavy (non-hydrogen) atoms. The molecule has 2 heterocycles. The molecule has 4 aromatic rings. The maximum Gasteiger partial charge on any atom is 0.419 e. The van der Waals surface area contributed by atoms with Crippen molar-refractivity contribution in [2.45, 2.75) is 71.6 Å². The minimum absolute atomic E-state index is 0.0692. The quantitative estimate of drug-likeness (QED) is 0.288. The summed E-state index contributed by atoms with van der Waals surface area (Å²) < 4.78 is 42.1. The van der Waals surface area contributed by atoms with Crippen LogP contribution in [0.25, 0.3) is 11.3 Å². The Labute approximate surface area is 226 Å². The number of halogens is 3. The zero-order chi connectivity index (χ0) is 28.4. The maximum absolute atomic E-state index is 13.0. The number of aromatic nitrogens is 4. The van der Waals surface area contributed by atoms with Gasteiger partial charge in [0, 0.05) is 18.5 Å². The summed E-state index contributed by atoms with van der Waals surface area (Å²) in [7, 11) is 0. The summed E-state index contributed by atoms with van der Waals surface area (Å²) in [4.78, 5) is 16.9. The number of anilines is 1. The molecular weight excluding hydrogens is 503 g/mol. The summed E-state index contributed by atoms with van der Waals surface area (Å²) in [5.41, 5.74) is 8.97. The van der Waals surface area contributed by atoms with Crippen LogP contribution < -0.4 is 11.4 Å². The molecule has 0 fully saturated rings. The zero-order valence-corrected chi connectivity index (χ0v) is 22.7. The molecule has 0 aliphatic carbocycles. The first kappa shape index (κ1) is 28.1. The summed E-state index contributed by atoms with van der Waals surface area (Å²) in [5, 5.41) is 4.63. The van der Waals surface area contributed by atoms with E-state index in [1.807, 2.05) is 31.2 Å². The minimum Gasteiger partial charge on any atom is -0.383 e. The van der Waals surface area contributed by atoms with Crippen molar-refractivity contribution in [1.82, 2.24) is 19.3 Å². The van der Waals surface area contributed by atoms with Crippen LogP contribution in [0.15, 0.2) is 65.5 Å². The number of rotatable bonds is 8. The van der Waals surface area contributed by atoms with Gasteiger partial charge < -0.3 is 5.73 Å². The van der Waals surface area contributed by atoms with Gasteiger partial charge in [-0.3, -0.25) is 4.57 Å². The highest BCUT2D eigenvalue weighted by Crippen LogP contribution is 2.34. The highest BCUT2D eigenvalue weighted by molar-refractivity contribution is 5.62. The van der Waals surface area contributed by atoms with Gasteiger partial charge in [-0.1, -0.05) is 69.3 Å². The number of pyridine rings is 1. The fourth-order valence-electron chi connectivity index (χ4n) is 4.54. The Balaban J connectivity index is 1.39. The van der Waals surface area contributed by atoms with Gasteiger partial charge in [0.25, 0.3) is 0 Å². The predicted molar refractivity (Wildman–Crippen MR) is 148 cm³/mol. The molecule has 206 valence electrons. The fraction of sp³-hybridized carbons (Fsp3) is 0.367. The highest BCUT2D eigenvalue weighted by Gasteiger charge is 2.33. The van der Waals surface area contributed by atoms with Crippen molar-refractivity contribution in [2.75, 3.05) is 5.73 Å². The van der Waals surface area contributed by atoms with Crippen LogP contribution >= 0.6 is 0 Å². The largest absolute Gasteiger partial charge is 0.419 e. The lowest BCUT2D eigenvalue weighted by atomic mass is 9.87. The zero-order valence-electron chi connectivity index (χ0n) is 22.7. The second kappa shape index (κ2) is 11.1. The average molecular weight is 538 g/mol. The molecule has 6 nitrogen and oxygen atoms in total. The van der Waals surface area contributed by atoms with Crippen LogP contribution in [-0.2, 0) is 37.5 Å². The third kappa shape index (κ3) is 6.58. The molecule has 0 saturated heterocycles. The van der Waals surface area contributed by atoms with E-state index in [9.17, 15) is 18.0 Å². The molecule has 2 aromatic heterocycles. The number of hydrogen-bond donors (Lipinski definition) is 1. The molecule has 0 atom stereocenters. The van der Waals surface area contributed by atoms with Crippen molar-refractivity contribution in [3.05, 3.63) is 99.2 Å². The van der Waals surface area contributed by atoms with Gasteiger partial charge in [-0.2, -0.15) is 18.3 Å². The third-order valence-corrected chi connectivity index (χ3v) is 6.81. The lowest BCUT2D eigenvalue weighted by molar-refractivity contribution is -0.137. The predicted octanol–water partition coefficient (Wildman–Crippen LogP) is 6.25. The summed E-state index contributed by atoms with van der Waals surface area (Å²) >= 11 is 0. The lowest BCUT2D eigenvalue weighted by Crippen LogP contribution is -2.25. The van der Waals surface area contributed by atoms with Gasteiger partial charge in [-0.25, -0.2) is 14.5 Å². The molecule has 0 radical (unpaired) electrons. The van der Waals surface area contributed by atoms with E-state index >= 15 is 0 Å². The average Bonchev–Trinajstić information content (AvgIpc) is 3.17. The van der Waals surface area contributed by atoms with Gasteiger partial charge >= 0.3 is 11.9 Å². The van der Waals surface area contributed by atoms with E-state index in [0.717, 1.165) is 35.9 Å². The Kier molecular flexibility index (Phi) is 7.99. The van der Waals surface area contributed by atoms with Gasteiger partial charge in [-0.15, -0.1) is 0 Å². The highest BCUT2D eigenvalue weighted by atomic mass is 19.4. The van der Waals surface area contributed by atoms with Crippen LogP contribution in [0, 0.1) is 0 Å². The molecule has 0 aliphatic rings. The number of aryl methyl sites for hydroxylation is 2. The Morgan fingerprint density at radius 2 is 1.51 bits per heavy atom. The monoisotopic (exact) mass is 537 g/mol. The molecule has 2 aromatic carbocycles.